The molecule has 0 spiro atoms. The fourth-order valence-corrected chi connectivity index (χ4v) is 6.72. The Bertz CT molecular complexity index is 1940. The van der Waals surface area contributed by atoms with E-state index in [2.05, 4.69) is 16.9 Å². The summed E-state index contributed by atoms with van der Waals surface area (Å²) in [5, 5.41) is 3.49. The van der Waals surface area contributed by atoms with Crippen molar-refractivity contribution in [1.29, 1.82) is 0 Å². The number of hydrogen-bond acceptors (Lipinski definition) is 6. The molecule has 2 bridgehead atoms. The van der Waals surface area contributed by atoms with E-state index < -0.39 is 11.5 Å². The fraction of sp³-hybridized carbons (Fsp3) is 0.281. The predicted octanol–water partition coefficient (Wildman–Crippen LogP) is 4.83. The molecule has 2 atom stereocenters. The van der Waals surface area contributed by atoms with Gasteiger partial charge in [0.2, 0.25) is 11.8 Å². The van der Waals surface area contributed by atoms with Crippen molar-refractivity contribution in [3.63, 3.8) is 0 Å². The van der Waals surface area contributed by atoms with Gasteiger partial charge in [0.15, 0.2) is 5.65 Å². The number of nitrogens with one attached hydrogen (secondary N) is 1. The molecular weight excluding hydrogens is 571 g/mol. The molecule has 4 heterocycles. The number of hydrogen-bond donors (Lipinski definition) is 1. The van der Waals surface area contributed by atoms with Gasteiger partial charge in [-0.3, -0.25) is 9.59 Å². The smallest absolute Gasteiger partial charge is 0.349 e. The highest BCUT2D eigenvalue weighted by molar-refractivity contribution is 6.34. The lowest BCUT2D eigenvalue weighted by molar-refractivity contribution is -0.127. The third-order valence-corrected chi connectivity index (χ3v) is 8.80. The number of halogens is 2. The summed E-state index contributed by atoms with van der Waals surface area (Å²) < 4.78 is 16.9. The Balaban J connectivity index is 1.54. The molecule has 2 amide bonds. The summed E-state index contributed by atoms with van der Waals surface area (Å²) in [7, 11) is 0. The molecule has 7 rings (SSSR count). The van der Waals surface area contributed by atoms with E-state index in [1.54, 1.807) is 23.1 Å². The molecule has 218 valence electrons. The molecule has 11 heteroatoms. The summed E-state index contributed by atoms with van der Waals surface area (Å²) >= 11 is 6.85. The number of benzene rings is 2. The number of nitrogens with zero attached hydrogens (tertiary/aromatic N) is 5. The monoisotopic (exact) mass is 598 g/mol. The number of pyridine rings is 1. The summed E-state index contributed by atoms with van der Waals surface area (Å²) in [5.74, 6) is -0.702. The maximum Gasteiger partial charge on any atom is 0.355 e. The van der Waals surface area contributed by atoms with Gasteiger partial charge in [0.25, 0.3) is 0 Å². The van der Waals surface area contributed by atoms with E-state index in [0.29, 0.717) is 35.5 Å². The number of aromatic nitrogens is 3. The number of amides is 2. The molecule has 2 fully saturated rings. The van der Waals surface area contributed by atoms with Crippen LogP contribution in [0.25, 0.3) is 28.0 Å². The molecule has 3 aliphatic rings. The first kappa shape index (κ1) is 27.3. The Labute approximate surface area is 251 Å². The number of fused-ring (bicyclic) bond motifs is 6. The second-order valence-corrected chi connectivity index (χ2v) is 11.8. The van der Waals surface area contributed by atoms with Crippen LogP contribution >= 0.6 is 11.6 Å². The highest BCUT2D eigenvalue weighted by Gasteiger charge is 2.51. The van der Waals surface area contributed by atoms with E-state index in [4.69, 9.17) is 16.6 Å². The van der Waals surface area contributed by atoms with E-state index in [9.17, 15) is 14.4 Å². The van der Waals surface area contributed by atoms with Crippen molar-refractivity contribution in [2.45, 2.75) is 44.7 Å². The second kappa shape index (κ2) is 10.0. The lowest BCUT2D eigenvalue weighted by Crippen LogP contribution is -2.49. The number of anilines is 2. The number of rotatable bonds is 3. The van der Waals surface area contributed by atoms with Gasteiger partial charge >= 0.3 is 5.69 Å². The first-order valence-electron chi connectivity index (χ1n) is 14.2. The van der Waals surface area contributed by atoms with E-state index in [1.807, 2.05) is 30.9 Å². The second-order valence-electron chi connectivity index (χ2n) is 11.4. The Morgan fingerprint density at radius 2 is 1.93 bits per heavy atom. The van der Waals surface area contributed by atoms with Gasteiger partial charge in [-0.25, -0.2) is 18.7 Å². The topological polar surface area (TPSA) is 100 Å². The molecular formula is C32H28ClFN6O3. The van der Waals surface area contributed by atoms with Gasteiger partial charge in [-0.1, -0.05) is 56.3 Å². The SMILES string of the molecule is C=CC(=O)N1CCN(c2nc(=O)n3c4nc(c(Cl)cc24)-c2c(F)cccc2NC(=O)Cc2cccc(C(C)C)c2-3)[C@@H]2C[C@@H]21. The van der Waals surface area contributed by atoms with E-state index >= 15 is 4.39 Å². The van der Waals surface area contributed by atoms with E-state index in [-0.39, 0.29) is 63.9 Å². The van der Waals surface area contributed by atoms with Gasteiger partial charge < -0.3 is 15.1 Å². The first-order chi connectivity index (χ1) is 20.7. The van der Waals surface area contributed by atoms with Crippen LogP contribution in [0.1, 0.15) is 37.3 Å². The molecule has 1 N–H and O–H groups in total. The van der Waals surface area contributed by atoms with Crippen molar-refractivity contribution in [2.24, 2.45) is 0 Å². The summed E-state index contributed by atoms with van der Waals surface area (Å²) in [6.45, 7) is 8.54. The minimum Gasteiger partial charge on any atom is -0.349 e. The Kier molecular flexibility index (Phi) is 6.35. The van der Waals surface area contributed by atoms with Crippen LogP contribution < -0.4 is 15.9 Å². The highest BCUT2D eigenvalue weighted by atomic mass is 35.5. The van der Waals surface area contributed by atoms with Crippen LogP contribution in [0.4, 0.5) is 15.9 Å². The zero-order valence-electron chi connectivity index (χ0n) is 23.6. The fourth-order valence-electron chi connectivity index (χ4n) is 6.47. The van der Waals surface area contributed by atoms with E-state index in [1.165, 1.54) is 22.8 Å². The number of piperazine rings is 1. The van der Waals surface area contributed by atoms with Crippen LogP contribution in [0.5, 0.6) is 0 Å². The average Bonchev–Trinajstić information content (AvgIpc) is 3.77. The molecule has 1 aliphatic carbocycles. The van der Waals surface area contributed by atoms with Crippen molar-refractivity contribution in [1.82, 2.24) is 19.4 Å². The number of para-hydroxylation sites is 1. The third kappa shape index (κ3) is 4.31. The third-order valence-electron chi connectivity index (χ3n) is 8.51. The molecule has 1 saturated carbocycles. The van der Waals surface area contributed by atoms with Gasteiger partial charge in [0.05, 0.1) is 51.5 Å². The summed E-state index contributed by atoms with van der Waals surface area (Å²) in [6, 6.07) is 11.6. The standard InChI is InChI=1S/C32H28ClFN6O3/c1-4-26(42)38-11-12-39(24-15-23(24)38)30-19-14-20(33)28-27-21(34)9-6-10-22(27)35-25(41)13-17-7-5-8-18(16(2)3)29(17)40(31(19)36-28)32(43)37-30/h4-10,14,16,23-24H,1,11-13,15H2,2-3H3,(H,35,41)/t23-,24+/m0/s1. The molecule has 2 aromatic carbocycles. The minimum absolute atomic E-state index is 0.00567. The molecule has 1 saturated heterocycles. The zero-order chi connectivity index (χ0) is 30.2. The van der Waals surface area contributed by atoms with Crippen molar-refractivity contribution in [3.8, 4) is 16.9 Å². The first-order valence-corrected chi connectivity index (χ1v) is 14.6. The molecule has 2 aromatic heterocycles. The molecule has 0 unspecified atom stereocenters. The Morgan fingerprint density at radius 1 is 1.14 bits per heavy atom. The largest absolute Gasteiger partial charge is 0.355 e. The number of carbonyl (C=O) groups is 2. The maximum absolute atomic E-state index is 15.5. The predicted molar refractivity (Wildman–Crippen MR) is 163 cm³/mol. The highest BCUT2D eigenvalue weighted by Crippen LogP contribution is 2.43. The quantitative estimate of drug-likeness (QED) is 0.339. The van der Waals surface area contributed by atoms with Crippen LogP contribution in [0.3, 0.4) is 0 Å². The lowest BCUT2D eigenvalue weighted by Gasteiger charge is -2.35. The molecule has 0 radical (unpaired) electrons. The minimum atomic E-state index is -0.613. The van der Waals surface area contributed by atoms with E-state index in [0.717, 1.165) is 12.0 Å². The van der Waals surface area contributed by atoms with Crippen molar-refractivity contribution < 1.29 is 14.0 Å². The average molecular weight is 599 g/mol. The van der Waals surface area contributed by atoms with Crippen molar-refractivity contribution in [3.05, 3.63) is 87.6 Å². The van der Waals surface area contributed by atoms with Crippen LogP contribution in [0.2, 0.25) is 5.02 Å². The lowest BCUT2D eigenvalue weighted by atomic mass is 9.95. The van der Waals surface area contributed by atoms with Crippen LogP contribution in [-0.2, 0) is 16.0 Å². The number of carbonyl (C=O) groups excluding carboxylic acids is 2. The van der Waals surface area contributed by atoms with Crippen LogP contribution in [0.15, 0.2) is 59.9 Å². The van der Waals surface area contributed by atoms with Crippen LogP contribution in [0, 0.1) is 5.82 Å². The summed E-state index contributed by atoms with van der Waals surface area (Å²) in [4.78, 5) is 53.2. The van der Waals surface area contributed by atoms with Gasteiger partial charge in [0, 0.05) is 13.1 Å². The molecule has 2 aliphatic heterocycles. The van der Waals surface area contributed by atoms with Gasteiger partial charge in [-0.05, 0) is 47.7 Å². The van der Waals surface area contributed by atoms with Gasteiger partial charge in [-0.2, -0.15) is 4.98 Å². The maximum atomic E-state index is 15.5. The Hall–Kier alpha value is -4.57. The normalized spacial score (nSPS) is 19.0. The molecule has 9 nitrogen and oxygen atoms in total. The van der Waals surface area contributed by atoms with Crippen LogP contribution in [-0.4, -0.2) is 56.4 Å². The zero-order valence-corrected chi connectivity index (χ0v) is 24.4. The summed E-state index contributed by atoms with van der Waals surface area (Å²) in [6.07, 6.45) is 1.99. The Morgan fingerprint density at radius 3 is 2.70 bits per heavy atom. The molecule has 4 aromatic rings. The van der Waals surface area contributed by atoms with Gasteiger partial charge in [0.1, 0.15) is 11.6 Å². The van der Waals surface area contributed by atoms with Gasteiger partial charge in [-0.15, -0.1) is 0 Å². The van der Waals surface area contributed by atoms with Crippen molar-refractivity contribution in [2.75, 3.05) is 23.3 Å². The molecule has 43 heavy (non-hydrogen) atoms. The summed E-state index contributed by atoms with van der Waals surface area (Å²) in [5.41, 5.74) is 2.02. The van der Waals surface area contributed by atoms with Crippen molar-refractivity contribution >= 4 is 46.0 Å².